The third-order valence-corrected chi connectivity index (χ3v) is 7.45. The van der Waals surface area contributed by atoms with Crippen LogP contribution in [-0.2, 0) is 9.84 Å². The number of rotatable bonds is 5. The van der Waals surface area contributed by atoms with Gasteiger partial charge < -0.3 is 5.32 Å². The van der Waals surface area contributed by atoms with Crippen molar-refractivity contribution < 1.29 is 8.42 Å². The Kier molecular flexibility index (Phi) is 3.56. The molecule has 0 bridgehead atoms. The van der Waals surface area contributed by atoms with Gasteiger partial charge >= 0.3 is 0 Å². The quantitative estimate of drug-likeness (QED) is 0.835. The van der Waals surface area contributed by atoms with Gasteiger partial charge in [-0.05, 0) is 70.8 Å². The van der Waals surface area contributed by atoms with E-state index < -0.39 is 14.6 Å². The molecule has 2 atom stereocenters. The standard InChI is InChI=1S/C14H27NO2S/c1-13(2,3)18(16,17)6-5-14(10-15-4)8-11-7-12(11)9-14/h11-12,15H,5-10H2,1-4H3. The van der Waals surface area contributed by atoms with Crippen molar-refractivity contribution in [2.45, 2.75) is 51.2 Å². The van der Waals surface area contributed by atoms with Gasteiger partial charge in [0.25, 0.3) is 0 Å². The summed E-state index contributed by atoms with van der Waals surface area (Å²) in [5.74, 6) is 2.14. The van der Waals surface area contributed by atoms with Gasteiger partial charge in [-0.25, -0.2) is 8.42 Å². The Morgan fingerprint density at radius 1 is 1.22 bits per heavy atom. The highest BCUT2D eigenvalue weighted by Gasteiger charge is 2.53. The van der Waals surface area contributed by atoms with E-state index in [9.17, 15) is 8.42 Å². The first-order chi connectivity index (χ1) is 8.19. The fraction of sp³-hybridized carbons (Fsp3) is 1.00. The molecule has 106 valence electrons. The first-order valence-electron chi connectivity index (χ1n) is 7.06. The lowest BCUT2D eigenvalue weighted by molar-refractivity contribution is 0.247. The molecule has 18 heavy (non-hydrogen) atoms. The van der Waals surface area contributed by atoms with Crippen molar-refractivity contribution in [3.05, 3.63) is 0 Å². The van der Waals surface area contributed by atoms with E-state index in [1.807, 2.05) is 7.05 Å². The zero-order chi connectivity index (χ0) is 13.6. The van der Waals surface area contributed by atoms with Crippen molar-refractivity contribution in [2.24, 2.45) is 17.3 Å². The lowest BCUT2D eigenvalue weighted by Crippen LogP contribution is -2.37. The Morgan fingerprint density at radius 3 is 2.22 bits per heavy atom. The van der Waals surface area contributed by atoms with Crippen LogP contribution in [0.3, 0.4) is 0 Å². The smallest absolute Gasteiger partial charge is 0.155 e. The summed E-state index contributed by atoms with van der Waals surface area (Å²) in [6.45, 7) is 6.39. The van der Waals surface area contributed by atoms with Crippen molar-refractivity contribution in [2.75, 3.05) is 19.3 Å². The Balaban J connectivity index is 1.99. The van der Waals surface area contributed by atoms with E-state index >= 15 is 0 Å². The Labute approximate surface area is 112 Å². The molecule has 2 aliphatic rings. The molecule has 4 heteroatoms. The lowest BCUT2D eigenvalue weighted by Gasteiger charge is -2.32. The largest absolute Gasteiger partial charge is 0.319 e. The second-order valence-corrected chi connectivity index (χ2v) is 10.2. The van der Waals surface area contributed by atoms with Crippen LogP contribution in [0.5, 0.6) is 0 Å². The summed E-state index contributed by atoms with van der Waals surface area (Å²) in [5, 5.41) is 3.27. The van der Waals surface area contributed by atoms with E-state index in [2.05, 4.69) is 5.32 Å². The van der Waals surface area contributed by atoms with Crippen LogP contribution in [0.1, 0.15) is 46.5 Å². The molecule has 0 spiro atoms. The lowest BCUT2D eigenvalue weighted by atomic mass is 9.80. The maximum atomic E-state index is 12.2. The van der Waals surface area contributed by atoms with Crippen molar-refractivity contribution in [1.29, 1.82) is 0 Å². The van der Waals surface area contributed by atoms with E-state index in [0.29, 0.717) is 5.75 Å². The summed E-state index contributed by atoms with van der Waals surface area (Å²) in [4.78, 5) is 0. The number of sulfone groups is 1. The third-order valence-electron chi connectivity index (χ3n) is 4.85. The predicted octanol–water partition coefficient (Wildman–Crippen LogP) is 2.23. The van der Waals surface area contributed by atoms with Gasteiger partial charge in [-0.2, -0.15) is 0 Å². The van der Waals surface area contributed by atoms with Crippen LogP contribution in [0.15, 0.2) is 0 Å². The molecule has 2 unspecified atom stereocenters. The van der Waals surface area contributed by atoms with Gasteiger partial charge in [0.1, 0.15) is 0 Å². The predicted molar refractivity (Wildman–Crippen MR) is 75.3 cm³/mol. The Morgan fingerprint density at radius 2 is 1.78 bits per heavy atom. The zero-order valence-electron chi connectivity index (χ0n) is 12.1. The minimum Gasteiger partial charge on any atom is -0.319 e. The van der Waals surface area contributed by atoms with Crippen LogP contribution in [0, 0.1) is 17.3 Å². The van der Waals surface area contributed by atoms with E-state index in [-0.39, 0.29) is 5.41 Å². The number of nitrogens with one attached hydrogen (secondary N) is 1. The zero-order valence-corrected chi connectivity index (χ0v) is 12.9. The molecular weight excluding hydrogens is 246 g/mol. The van der Waals surface area contributed by atoms with E-state index in [4.69, 9.17) is 0 Å². The van der Waals surface area contributed by atoms with Crippen molar-refractivity contribution in [1.82, 2.24) is 5.32 Å². The summed E-state index contributed by atoms with van der Waals surface area (Å²) in [5.41, 5.74) is 0.251. The molecule has 0 amide bonds. The average Bonchev–Trinajstić information content (AvgIpc) is 2.84. The van der Waals surface area contributed by atoms with Gasteiger partial charge in [0.2, 0.25) is 0 Å². The van der Waals surface area contributed by atoms with Gasteiger partial charge in [-0.1, -0.05) is 0 Å². The van der Waals surface area contributed by atoms with Crippen molar-refractivity contribution in [3.8, 4) is 0 Å². The summed E-state index contributed by atoms with van der Waals surface area (Å²) < 4.78 is 23.8. The first-order valence-corrected chi connectivity index (χ1v) is 8.71. The van der Waals surface area contributed by atoms with Crippen LogP contribution in [0.25, 0.3) is 0 Å². The van der Waals surface area contributed by atoms with Crippen molar-refractivity contribution in [3.63, 3.8) is 0 Å². The van der Waals surface area contributed by atoms with Gasteiger partial charge in [-0.3, -0.25) is 0 Å². The monoisotopic (exact) mass is 273 g/mol. The molecule has 2 saturated carbocycles. The Bertz CT molecular complexity index is 398. The summed E-state index contributed by atoms with van der Waals surface area (Å²) in [6.07, 6.45) is 4.69. The first kappa shape index (κ1) is 14.3. The maximum Gasteiger partial charge on any atom is 0.155 e. The summed E-state index contributed by atoms with van der Waals surface area (Å²) in [6, 6.07) is 0. The van der Waals surface area contributed by atoms with E-state index in [0.717, 1.165) is 24.8 Å². The molecule has 0 radical (unpaired) electrons. The fourth-order valence-electron chi connectivity index (χ4n) is 3.47. The molecule has 0 saturated heterocycles. The third kappa shape index (κ3) is 2.74. The summed E-state index contributed by atoms with van der Waals surface area (Å²) >= 11 is 0. The van der Waals surface area contributed by atoms with Gasteiger partial charge in [-0.15, -0.1) is 0 Å². The number of fused-ring (bicyclic) bond motifs is 1. The van der Waals surface area contributed by atoms with Gasteiger partial charge in [0.15, 0.2) is 9.84 Å². The van der Waals surface area contributed by atoms with Crippen LogP contribution < -0.4 is 5.32 Å². The SMILES string of the molecule is CNCC1(CCS(=O)(=O)C(C)(C)C)CC2CC2C1. The highest BCUT2D eigenvalue weighted by atomic mass is 32.2. The molecule has 3 nitrogen and oxygen atoms in total. The minimum atomic E-state index is -2.97. The van der Waals surface area contributed by atoms with E-state index in [1.165, 1.54) is 19.3 Å². The van der Waals surface area contributed by atoms with E-state index in [1.54, 1.807) is 20.8 Å². The van der Waals surface area contributed by atoms with Gasteiger partial charge in [0.05, 0.1) is 10.5 Å². The van der Waals surface area contributed by atoms with Crippen molar-refractivity contribution >= 4 is 9.84 Å². The molecule has 2 rings (SSSR count). The van der Waals surface area contributed by atoms with Crippen LogP contribution in [0.4, 0.5) is 0 Å². The molecule has 0 aliphatic heterocycles. The van der Waals surface area contributed by atoms with Crippen LogP contribution >= 0.6 is 0 Å². The molecule has 0 aromatic carbocycles. The molecular formula is C14H27NO2S. The highest BCUT2D eigenvalue weighted by molar-refractivity contribution is 7.92. The normalized spacial score (nSPS) is 35.6. The molecule has 2 fully saturated rings. The molecule has 0 aromatic heterocycles. The molecule has 1 N–H and O–H groups in total. The second kappa shape index (κ2) is 4.48. The topological polar surface area (TPSA) is 46.2 Å². The molecule has 0 heterocycles. The fourth-order valence-corrected chi connectivity index (χ4v) is 4.79. The number of hydrogen-bond acceptors (Lipinski definition) is 3. The Hall–Kier alpha value is -0.0900. The number of hydrogen-bond donors (Lipinski definition) is 1. The molecule has 0 aromatic rings. The van der Waals surface area contributed by atoms with Gasteiger partial charge in [0, 0.05) is 6.54 Å². The average molecular weight is 273 g/mol. The summed E-state index contributed by atoms with van der Waals surface area (Å²) in [7, 11) is -0.996. The molecule has 2 aliphatic carbocycles. The van der Waals surface area contributed by atoms with Crippen LogP contribution in [-0.4, -0.2) is 32.5 Å². The highest BCUT2D eigenvalue weighted by Crippen LogP contribution is 2.61. The maximum absolute atomic E-state index is 12.2. The van der Waals surface area contributed by atoms with Crippen LogP contribution in [0.2, 0.25) is 0 Å². The minimum absolute atomic E-state index is 0.251. The second-order valence-electron chi connectivity index (χ2n) is 7.38.